The number of esters is 1. The molecule has 0 amide bonds. The summed E-state index contributed by atoms with van der Waals surface area (Å²) in [6, 6.07) is 0. The first-order valence-electron chi connectivity index (χ1n) is 27.1. The van der Waals surface area contributed by atoms with Gasteiger partial charge in [0.05, 0.1) is 19.8 Å². The molecular weight excluding hydrogens is 842 g/mol. The molecule has 0 aliphatic heterocycles. The Kier molecular flexibility index (Phi) is 51.7. The molecule has 0 radical (unpaired) electrons. The third kappa shape index (κ3) is 52.6. The number of unbranched alkanes of at least 4 members (excludes halogenated alkanes) is 24. The number of carbonyl (C=O) groups is 1. The maximum Gasteiger partial charge on any atom is 0.472 e. The van der Waals surface area contributed by atoms with Crippen LogP contribution in [-0.4, -0.2) is 49.9 Å². The van der Waals surface area contributed by atoms with Crippen LogP contribution in [0.5, 0.6) is 0 Å². The van der Waals surface area contributed by atoms with Gasteiger partial charge in [0, 0.05) is 19.6 Å². The number of rotatable bonds is 51. The van der Waals surface area contributed by atoms with E-state index >= 15 is 0 Å². The van der Waals surface area contributed by atoms with Gasteiger partial charge in [-0.3, -0.25) is 13.8 Å². The van der Waals surface area contributed by atoms with Gasteiger partial charge in [-0.2, -0.15) is 0 Å². The predicted octanol–water partition coefficient (Wildman–Crippen LogP) is 17.2. The Bertz CT molecular complexity index is 1290. The number of carbonyl (C=O) groups excluding carboxylic acids is 1. The summed E-state index contributed by atoms with van der Waals surface area (Å²) in [5.41, 5.74) is 5.40. The van der Waals surface area contributed by atoms with Crippen molar-refractivity contribution in [3.05, 3.63) is 85.1 Å². The number of hydrogen-bond acceptors (Lipinski definition) is 7. The van der Waals surface area contributed by atoms with Gasteiger partial charge >= 0.3 is 13.8 Å². The molecule has 0 saturated heterocycles. The zero-order valence-corrected chi connectivity index (χ0v) is 43.6. The summed E-state index contributed by atoms with van der Waals surface area (Å²) in [6.07, 6.45) is 70.5. The molecule has 2 atom stereocenters. The topological polar surface area (TPSA) is 117 Å². The van der Waals surface area contributed by atoms with Gasteiger partial charge in [-0.25, -0.2) is 4.57 Å². The Morgan fingerprint density at radius 1 is 0.470 bits per heavy atom. The highest BCUT2D eigenvalue weighted by Crippen LogP contribution is 2.43. The molecule has 0 bridgehead atoms. The molecule has 8 nitrogen and oxygen atoms in total. The largest absolute Gasteiger partial charge is 0.472 e. The van der Waals surface area contributed by atoms with Crippen molar-refractivity contribution >= 4 is 13.8 Å². The lowest BCUT2D eigenvalue weighted by Gasteiger charge is -2.20. The minimum absolute atomic E-state index is 0.0946. The van der Waals surface area contributed by atoms with E-state index < -0.39 is 13.9 Å². The first-order valence-corrected chi connectivity index (χ1v) is 28.6. The van der Waals surface area contributed by atoms with Gasteiger partial charge in [-0.1, -0.05) is 221 Å². The molecule has 382 valence electrons. The molecule has 0 saturated carbocycles. The van der Waals surface area contributed by atoms with Crippen LogP contribution in [-0.2, 0) is 27.9 Å². The van der Waals surface area contributed by atoms with E-state index in [9.17, 15) is 14.3 Å². The average molecular weight is 944 g/mol. The third-order valence-corrected chi connectivity index (χ3v) is 12.3. The molecule has 0 rings (SSSR count). The second kappa shape index (κ2) is 53.6. The van der Waals surface area contributed by atoms with Crippen LogP contribution in [0.2, 0.25) is 0 Å². The van der Waals surface area contributed by atoms with Crippen LogP contribution < -0.4 is 5.73 Å². The summed E-state index contributed by atoms with van der Waals surface area (Å²) in [6.45, 7) is 4.79. The minimum atomic E-state index is -4.29. The van der Waals surface area contributed by atoms with Gasteiger partial charge in [-0.05, 0) is 89.9 Å². The van der Waals surface area contributed by atoms with Gasteiger partial charge < -0.3 is 20.1 Å². The van der Waals surface area contributed by atoms with Crippen molar-refractivity contribution < 1.29 is 32.8 Å². The number of nitrogens with two attached hydrogens (primary N) is 1. The van der Waals surface area contributed by atoms with Crippen molar-refractivity contribution in [3.63, 3.8) is 0 Å². The number of phosphoric acid groups is 1. The minimum Gasteiger partial charge on any atom is -0.457 e. The summed E-state index contributed by atoms with van der Waals surface area (Å²) in [5, 5.41) is 0. The first kappa shape index (κ1) is 63.7. The Morgan fingerprint density at radius 3 is 1.27 bits per heavy atom. The molecule has 0 fully saturated rings. The normalized spacial score (nSPS) is 13.9. The summed E-state index contributed by atoms with van der Waals surface area (Å²) < 4.78 is 33.6. The molecule has 0 aromatic heterocycles. The molecule has 0 aliphatic carbocycles. The monoisotopic (exact) mass is 944 g/mol. The fraction of sp³-hybridized carbons (Fsp3) is 0.737. The lowest BCUT2D eigenvalue weighted by atomic mass is 10.1. The fourth-order valence-corrected chi connectivity index (χ4v) is 8.11. The molecule has 66 heavy (non-hydrogen) atoms. The Hall–Kier alpha value is -2.32. The van der Waals surface area contributed by atoms with E-state index in [0.717, 1.165) is 77.0 Å². The molecule has 0 aliphatic rings. The van der Waals surface area contributed by atoms with Gasteiger partial charge in [-0.15, -0.1) is 0 Å². The second-order valence-corrected chi connectivity index (χ2v) is 19.2. The van der Waals surface area contributed by atoms with E-state index in [1.807, 2.05) is 0 Å². The smallest absolute Gasteiger partial charge is 0.457 e. The number of ether oxygens (including phenoxy) is 2. The van der Waals surface area contributed by atoms with Gasteiger partial charge in [0.1, 0.15) is 6.10 Å². The number of hydrogen-bond donors (Lipinski definition) is 2. The maximum absolute atomic E-state index is 12.7. The molecule has 0 heterocycles. The lowest BCUT2D eigenvalue weighted by Crippen LogP contribution is -2.28. The van der Waals surface area contributed by atoms with E-state index in [0.29, 0.717) is 13.0 Å². The van der Waals surface area contributed by atoms with E-state index in [-0.39, 0.29) is 32.3 Å². The summed E-state index contributed by atoms with van der Waals surface area (Å²) in [7, 11) is -4.29. The average Bonchev–Trinajstić information content (AvgIpc) is 3.31. The zero-order chi connectivity index (χ0) is 48.0. The molecular formula is C57H102NO7P. The van der Waals surface area contributed by atoms with Crippen molar-refractivity contribution in [3.8, 4) is 0 Å². The van der Waals surface area contributed by atoms with Crippen molar-refractivity contribution in [2.75, 3.05) is 33.0 Å². The second-order valence-electron chi connectivity index (χ2n) is 17.7. The van der Waals surface area contributed by atoms with Gasteiger partial charge in [0.2, 0.25) is 0 Å². The summed E-state index contributed by atoms with van der Waals surface area (Å²) >= 11 is 0. The highest BCUT2D eigenvalue weighted by atomic mass is 31.2. The molecule has 3 N–H and O–H groups in total. The standard InChI is InChI=1S/C57H102NO7P/c1-3-5-7-9-11-13-15-17-19-21-23-25-26-27-28-29-31-33-35-37-39-41-43-45-47-49-52-62-54-56(55-64-66(60,61)63-53-51-58)65-57(59)50-48-46-44-42-40-38-36-34-32-30-24-22-20-18-16-14-12-10-8-6-4-2/h6,8,12,14-15,17-18,20-21,23-24,26-27,30,56H,3-5,7,9-11,13,16,19,22,25,28-29,31-55,58H2,1-2H3,(H,60,61)/b8-6-,14-12-,17-15-,20-18-,23-21-,27-26-,30-24-. The van der Waals surface area contributed by atoms with E-state index in [4.69, 9.17) is 24.3 Å². The third-order valence-electron chi connectivity index (χ3n) is 11.3. The molecule has 9 heteroatoms. The van der Waals surface area contributed by atoms with Crippen molar-refractivity contribution in [1.82, 2.24) is 0 Å². The summed E-state index contributed by atoms with van der Waals surface area (Å²) in [4.78, 5) is 22.6. The first-order chi connectivity index (χ1) is 32.4. The predicted molar refractivity (Wildman–Crippen MR) is 284 cm³/mol. The van der Waals surface area contributed by atoms with Crippen LogP contribution in [0.15, 0.2) is 85.1 Å². The summed E-state index contributed by atoms with van der Waals surface area (Å²) in [5.74, 6) is -0.340. The van der Waals surface area contributed by atoms with Crippen LogP contribution in [0, 0.1) is 0 Å². The Balaban J connectivity index is 3.95. The highest BCUT2D eigenvalue weighted by Gasteiger charge is 2.25. The van der Waals surface area contributed by atoms with E-state index in [2.05, 4.69) is 98.9 Å². The molecule has 0 aromatic carbocycles. The molecule has 0 spiro atoms. The van der Waals surface area contributed by atoms with Crippen LogP contribution >= 0.6 is 7.82 Å². The van der Waals surface area contributed by atoms with Crippen molar-refractivity contribution in [2.24, 2.45) is 5.73 Å². The quantitative estimate of drug-likeness (QED) is 0.0268. The van der Waals surface area contributed by atoms with Gasteiger partial charge in [0.15, 0.2) is 0 Å². The van der Waals surface area contributed by atoms with Crippen LogP contribution in [0.25, 0.3) is 0 Å². The highest BCUT2D eigenvalue weighted by molar-refractivity contribution is 7.47. The Labute approximate surface area is 407 Å². The van der Waals surface area contributed by atoms with Crippen molar-refractivity contribution in [1.29, 1.82) is 0 Å². The maximum atomic E-state index is 12.7. The van der Waals surface area contributed by atoms with Crippen LogP contribution in [0.1, 0.15) is 232 Å². The number of allylic oxidation sites excluding steroid dienone is 14. The lowest BCUT2D eigenvalue weighted by molar-refractivity contribution is -0.154. The van der Waals surface area contributed by atoms with Crippen molar-refractivity contribution in [2.45, 2.75) is 238 Å². The number of phosphoric ester groups is 1. The fourth-order valence-electron chi connectivity index (χ4n) is 7.35. The SMILES string of the molecule is CC/C=C\C/C=C\C/C=C\C/C=C\CCCCCCCCCCC(=O)OC(COCCCCCCCCCCCCC/C=C\C/C=C\C/C=C\CCCCCCC)COP(=O)(O)OCCN. The van der Waals surface area contributed by atoms with Gasteiger partial charge in [0.25, 0.3) is 0 Å². The Morgan fingerprint density at radius 2 is 0.848 bits per heavy atom. The van der Waals surface area contributed by atoms with Crippen LogP contribution in [0.3, 0.4) is 0 Å². The molecule has 2 unspecified atom stereocenters. The van der Waals surface area contributed by atoms with Crippen LogP contribution in [0.4, 0.5) is 0 Å². The molecule has 0 aromatic rings. The zero-order valence-electron chi connectivity index (χ0n) is 42.7. The van der Waals surface area contributed by atoms with E-state index in [1.54, 1.807) is 0 Å². The van der Waals surface area contributed by atoms with E-state index in [1.165, 1.54) is 135 Å².